The first-order valence-electron chi connectivity index (χ1n) is 10.0. The van der Waals surface area contributed by atoms with Crippen LogP contribution in [0, 0.1) is 11.3 Å². The van der Waals surface area contributed by atoms with Gasteiger partial charge in [0.15, 0.2) is 6.61 Å². The van der Waals surface area contributed by atoms with Crippen molar-refractivity contribution in [3.05, 3.63) is 47.5 Å². The summed E-state index contributed by atoms with van der Waals surface area (Å²) in [5, 5.41) is 24.7. The summed E-state index contributed by atoms with van der Waals surface area (Å²) in [6, 6.07) is 10.6. The second-order valence-electron chi connectivity index (χ2n) is 8.28. The highest BCUT2D eigenvalue weighted by molar-refractivity contribution is 6.17. The third kappa shape index (κ3) is 4.81. The van der Waals surface area contributed by atoms with Crippen LogP contribution < -0.4 is 20.3 Å². The number of carbonyl (C=O) groups is 3. The van der Waals surface area contributed by atoms with Crippen molar-refractivity contribution in [1.29, 1.82) is 5.26 Å². The van der Waals surface area contributed by atoms with E-state index < -0.39 is 23.3 Å². The minimum atomic E-state index is -0.606. The summed E-state index contributed by atoms with van der Waals surface area (Å²) in [6.07, 6.45) is 0.138. The molecule has 0 spiro atoms. The van der Waals surface area contributed by atoms with Crippen LogP contribution in [0.25, 0.3) is 0 Å². The van der Waals surface area contributed by atoms with Gasteiger partial charge in [0.2, 0.25) is 5.91 Å². The van der Waals surface area contributed by atoms with Gasteiger partial charge in [0, 0.05) is 24.2 Å². The molecule has 3 rings (SSSR count). The molecule has 1 aliphatic heterocycles. The molecule has 0 unspecified atom stereocenters. The average Bonchev–Trinajstić information content (AvgIpc) is 2.73. The third-order valence-corrected chi connectivity index (χ3v) is 4.89. The predicted octanol–water partition coefficient (Wildman–Crippen LogP) is 3.29. The molecule has 9 heteroatoms. The van der Waals surface area contributed by atoms with Gasteiger partial charge < -0.3 is 20.5 Å². The molecule has 1 saturated heterocycles. The van der Waals surface area contributed by atoms with Crippen LogP contribution in [0.1, 0.15) is 43.1 Å². The van der Waals surface area contributed by atoms with Gasteiger partial charge in [-0.1, -0.05) is 20.8 Å². The third-order valence-electron chi connectivity index (χ3n) is 4.89. The first-order chi connectivity index (χ1) is 15.1. The standard InChI is InChI=1S/C23H24N4O5/c1-23(2,3)18-13-15(27-19(28)8-10-25-22(27)31)12-17(20(18)29)21(30)26-14-4-6-16(7-5-14)32-11-9-24/h4-7,12-13,29H,8,10-11H2,1-3H3,(H,25,31)(H,26,30). The van der Waals surface area contributed by atoms with E-state index in [0.717, 1.165) is 4.90 Å². The van der Waals surface area contributed by atoms with Crippen LogP contribution in [0.5, 0.6) is 11.5 Å². The van der Waals surface area contributed by atoms with Crippen LogP contribution in [-0.4, -0.2) is 36.1 Å². The van der Waals surface area contributed by atoms with Gasteiger partial charge in [0.25, 0.3) is 5.91 Å². The Morgan fingerprint density at radius 1 is 1.25 bits per heavy atom. The number of phenolic OH excluding ortho intramolecular Hbond substituents is 1. The summed E-state index contributed by atoms with van der Waals surface area (Å²) in [4.78, 5) is 38.7. The summed E-state index contributed by atoms with van der Waals surface area (Å²) in [6.45, 7) is 5.72. The number of rotatable bonds is 5. The van der Waals surface area contributed by atoms with Crippen molar-refractivity contribution < 1.29 is 24.2 Å². The lowest BCUT2D eigenvalue weighted by Crippen LogP contribution is -2.50. The molecule has 0 atom stereocenters. The highest BCUT2D eigenvalue weighted by Crippen LogP contribution is 2.38. The van der Waals surface area contributed by atoms with Crippen molar-refractivity contribution in [2.45, 2.75) is 32.6 Å². The number of nitrogens with zero attached hydrogens (tertiary/aromatic N) is 2. The van der Waals surface area contributed by atoms with Crippen LogP contribution in [0.15, 0.2) is 36.4 Å². The highest BCUT2D eigenvalue weighted by Gasteiger charge is 2.31. The number of hydrogen-bond acceptors (Lipinski definition) is 6. The molecule has 4 amide bonds. The maximum absolute atomic E-state index is 13.0. The SMILES string of the molecule is CC(C)(C)c1cc(N2C(=O)CCNC2=O)cc(C(=O)Nc2ccc(OCC#N)cc2)c1O. The van der Waals surface area contributed by atoms with Crippen molar-refractivity contribution in [2.24, 2.45) is 0 Å². The smallest absolute Gasteiger partial charge is 0.328 e. The molecule has 32 heavy (non-hydrogen) atoms. The number of amides is 4. The van der Waals surface area contributed by atoms with Gasteiger partial charge in [0.05, 0.1) is 11.3 Å². The van der Waals surface area contributed by atoms with E-state index in [0.29, 0.717) is 17.0 Å². The van der Waals surface area contributed by atoms with E-state index in [1.807, 2.05) is 26.8 Å². The Morgan fingerprint density at radius 2 is 1.94 bits per heavy atom. The van der Waals surface area contributed by atoms with Crippen LogP contribution in [0.3, 0.4) is 0 Å². The Bertz CT molecular complexity index is 1080. The van der Waals surface area contributed by atoms with Crippen molar-refractivity contribution in [3.8, 4) is 17.6 Å². The second-order valence-corrected chi connectivity index (χ2v) is 8.28. The van der Waals surface area contributed by atoms with Crippen molar-refractivity contribution >= 4 is 29.2 Å². The maximum Gasteiger partial charge on any atom is 0.328 e. The Labute approximate surface area is 185 Å². The van der Waals surface area contributed by atoms with Gasteiger partial charge in [-0.3, -0.25) is 9.59 Å². The van der Waals surface area contributed by atoms with Gasteiger partial charge in [-0.25, -0.2) is 9.69 Å². The van der Waals surface area contributed by atoms with E-state index in [9.17, 15) is 19.5 Å². The summed E-state index contributed by atoms with van der Waals surface area (Å²) in [7, 11) is 0. The Balaban J connectivity index is 1.97. The fourth-order valence-corrected chi connectivity index (χ4v) is 3.28. The lowest BCUT2D eigenvalue weighted by molar-refractivity contribution is -0.118. The predicted molar refractivity (Wildman–Crippen MR) is 118 cm³/mol. The highest BCUT2D eigenvalue weighted by atomic mass is 16.5. The molecule has 1 aliphatic rings. The summed E-state index contributed by atoms with van der Waals surface area (Å²) in [5.74, 6) is -0.749. The zero-order chi connectivity index (χ0) is 23.5. The molecule has 0 saturated carbocycles. The normalized spacial score (nSPS) is 13.9. The van der Waals surface area contributed by atoms with E-state index >= 15 is 0 Å². The number of imide groups is 1. The van der Waals surface area contributed by atoms with Gasteiger partial charge in [-0.15, -0.1) is 0 Å². The number of aromatic hydroxyl groups is 1. The lowest BCUT2D eigenvalue weighted by atomic mass is 9.84. The van der Waals surface area contributed by atoms with E-state index in [1.54, 1.807) is 30.3 Å². The number of nitriles is 1. The average molecular weight is 436 g/mol. The van der Waals surface area contributed by atoms with Crippen LogP contribution in [0.4, 0.5) is 16.2 Å². The lowest BCUT2D eigenvalue weighted by Gasteiger charge is -2.29. The topological polar surface area (TPSA) is 132 Å². The summed E-state index contributed by atoms with van der Waals surface area (Å²) in [5.41, 5.74) is 0.438. The zero-order valence-electron chi connectivity index (χ0n) is 18.1. The molecule has 0 aromatic heterocycles. The maximum atomic E-state index is 13.0. The van der Waals surface area contributed by atoms with Crippen LogP contribution >= 0.6 is 0 Å². The number of urea groups is 1. The van der Waals surface area contributed by atoms with Crippen molar-refractivity contribution in [2.75, 3.05) is 23.4 Å². The zero-order valence-corrected chi connectivity index (χ0v) is 18.1. The molecule has 166 valence electrons. The van der Waals surface area contributed by atoms with E-state index in [1.165, 1.54) is 6.07 Å². The first kappa shape index (κ1) is 22.6. The Morgan fingerprint density at radius 3 is 2.53 bits per heavy atom. The molecular formula is C23H24N4O5. The number of benzene rings is 2. The number of hydrogen-bond donors (Lipinski definition) is 3. The monoisotopic (exact) mass is 436 g/mol. The molecule has 1 heterocycles. The van der Waals surface area contributed by atoms with Crippen molar-refractivity contribution in [3.63, 3.8) is 0 Å². The number of nitrogens with one attached hydrogen (secondary N) is 2. The molecular weight excluding hydrogens is 412 g/mol. The molecule has 0 bridgehead atoms. The molecule has 0 radical (unpaired) electrons. The second kappa shape index (κ2) is 8.98. The molecule has 1 fully saturated rings. The molecule has 2 aromatic carbocycles. The largest absolute Gasteiger partial charge is 0.507 e. The van der Waals surface area contributed by atoms with Crippen LogP contribution in [0.2, 0.25) is 0 Å². The number of phenols is 1. The summed E-state index contributed by atoms with van der Waals surface area (Å²) >= 11 is 0. The molecule has 2 aromatic rings. The molecule has 9 nitrogen and oxygen atoms in total. The van der Waals surface area contributed by atoms with Gasteiger partial charge >= 0.3 is 6.03 Å². The number of anilines is 2. The minimum Gasteiger partial charge on any atom is -0.507 e. The van der Waals surface area contributed by atoms with Gasteiger partial charge in [-0.05, 0) is 41.8 Å². The number of carbonyl (C=O) groups excluding carboxylic acids is 3. The molecule has 0 aliphatic carbocycles. The van der Waals surface area contributed by atoms with Gasteiger partial charge in [-0.2, -0.15) is 5.26 Å². The fourth-order valence-electron chi connectivity index (χ4n) is 3.28. The van der Waals surface area contributed by atoms with E-state index in [4.69, 9.17) is 10.00 Å². The minimum absolute atomic E-state index is 0.0663. The van der Waals surface area contributed by atoms with E-state index in [-0.39, 0.29) is 36.6 Å². The first-order valence-corrected chi connectivity index (χ1v) is 10.0. The molecule has 3 N–H and O–H groups in total. The quantitative estimate of drug-likeness (QED) is 0.659. The Kier molecular flexibility index (Phi) is 6.35. The number of ether oxygens (including phenoxy) is 1. The van der Waals surface area contributed by atoms with Gasteiger partial charge in [0.1, 0.15) is 17.6 Å². The summed E-state index contributed by atoms with van der Waals surface area (Å²) < 4.78 is 5.19. The van der Waals surface area contributed by atoms with Crippen LogP contribution in [-0.2, 0) is 10.2 Å². The fraction of sp³-hybridized carbons (Fsp3) is 0.304. The van der Waals surface area contributed by atoms with E-state index in [2.05, 4.69) is 10.6 Å². The Hall–Kier alpha value is -4.06. The van der Waals surface area contributed by atoms with Crippen molar-refractivity contribution in [1.82, 2.24) is 5.32 Å².